The van der Waals surface area contributed by atoms with Gasteiger partial charge < -0.3 is 14.5 Å². The molecule has 1 saturated carbocycles. The third-order valence-corrected chi connectivity index (χ3v) is 11.0. The first-order valence-electron chi connectivity index (χ1n) is 15.1. The Morgan fingerprint density at radius 3 is 2.07 bits per heavy atom. The van der Waals surface area contributed by atoms with Gasteiger partial charge in [-0.3, -0.25) is 0 Å². The fourth-order valence-corrected chi connectivity index (χ4v) is 8.14. The largest absolute Gasteiger partial charge is 0.445 e. The summed E-state index contributed by atoms with van der Waals surface area (Å²) >= 11 is 0. The average Bonchev–Trinajstić information content (AvgIpc) is 3.45. The van der Waals surface area contributed by atoms with Gasteiger partial charge in [0.15, 0.2) is 0 Å². The molecule has 1 saturated heterocycles. The molecule has 8 heteroatoms. The molecular formula is C34H43N3O4S. The SMILES string of the molecule is CCN(C(=O)OCc1ccccc1)C1CCN(CC2CC(N(C)S(=O)(=O)c3ccccc3)CC2c2ccccc2)CC1. The fraction of sp³-hybridized carbons (Fsp3) is 0.441. The van der Waals surface area contributed by atoms with E-state index in [0.717, 1.165) is 50.9 Å². The fourth-order valence-electron chi connectivity index (χ4n) is 6.74. The number of sulfonamides is 1. The van der Waals surface area contributed by atoms with E-state index in [-0.39, 0.29) is 24.8 Å². The molecule has 0 bridgehead atoms. The lowest BCUT2D eigenvalue weighted by Gasteiger charge is -2.39. The van der Waals surface area contributed by atoms with Crippen molar-refractivity contribution < 1.29 is 17.9 Å². The van der Waals surface area contributed by atoms with E-state index in [0.29, 0.717) is 23.3 Å². The zero-order valence-electron chi connectivity index (χ0n) is 24.7. The Kier molecular flexibility index (Phi) is 9.98. The standard InChI is InChI=1S/C34H43N3O4S/c1-3-37(34(38)41-26-27-13-7-4-8-14-27)30-19-21-36(22-20-30)25-29-23-31(24-33(29)28-15-9-5-10-16-28)35(2)42(39,40)32-17-11-6-12-18-32/h4-18,29-31,33H,3,19-26H2,1-2H3. The highest BCUT2D eigenvalue weighted by Gasteiger charge is 2.41. The Labute approximate surface area is 251 Å². The van der Waals surface area contributed by atoms with Gasteiger partial charge in [0.1, 0.15) is 6.61 Å². The second-order valence-corrected chi connectivity index (χ2v) is 13.6. The van der Waals surface area contributed by atoms with Gasteiger partial charge in [-0.1, -0.05) is 78.9 Å². The number of benzene rings is 3. The Hall–Kier alpha value is -3.20. The maximum absolute atomic E-state index is 13.4. The monoisotopic (exact) mass is 589 g/mol. The molecule has 0 spiro atoms. The van der Waals surface area contributed by atoms with Crippen molar-refractivity contribution in [3.63, 3.8) is 0 Å². The second-order valence-electron chi connectivity index (χ2n) is 11.6. The molecular weight excluding hydrogens is 546 g/mol. The third-order valence-electron chi connectivity index (χ3n) is 9.10. The van der Waals surface area contributed by atoms with Gasteiger partial charge >= 0.3 is 6.09 Å². The zero-order valence-corrected chi connectivity index (χ0v) is 25.5. The Morgan fingerprint density at radius 1 is 0.857 bits per heavy atom. The maximum atomic E-state index is 13.4. The minimum Gasteiger partial charge on any atom is -0.445 e. The van der Waals surface area contributed by atoms with Gasteiger partial charge in [0.25, 0.3) is 0 Å². The molecule has 1 aliphatic heterocycles. The van der Waals surface area contributed by atoms with Crippen molar-refractivity contribution in [3.05, 3.63) is 102 Å². The molecule has 7 nitrogen and oxygen atoms in total. The summed E-state index contributed by atoms with van der Waals surface area (Å²) in [4.78, 5) is 17.7. The predicted octanol–water partition coefficient (Wildman–Crippen LogP) is 5.99. The van der Waals surface area contributed by atoms with Crippen LogP contribution in [-0.4, -0.2) is 73.9 Å². The van der Waals surface area contributed by atoms with Crippen LogP contribution in [0.1, 0.15) is 49.7 Å². The average molecular weight is 590 g/mol. The summed E-state index contributed by atoms with van der Waals surface area (Å²) in [6.07, 6.45) is 3.20. The highest BCUT2D eigenvalue weighted by atomic mass is 32.2. The molecule has 3 aromatic carbocycles. The van der Waals surface area contributed by atoms with Crippen molar-refractivity contribution in [1.82, 2.24) is 14.1 Å². The molecule has 1 amide bonds. The van der Waals surface area contributed by atoms with E-state index in [4.69, 9.17) is 4.74 Å². The van der Waals surface area contributed by atoms with Crippen molar-refractivity contribution in [2.75, 3.05) is 33.2 Å². The van der Waals surface area contributed by atoms with E-state index in [9.17, 15) is 13.2 Å². The number of carbonyl (C=O) groups is 1. The van der Waals surface area contributed by atoms with Gasteiger partial charge in [-0.25, -0.2) is 13.2 Å². The molecule has 3 atom stereocenters. The zero-order chi connectivity index (χ0) is 29.5. The Morgan fingerprint density at radius 2 is 1.45 bits per heavy atom. The van der Waals surface area contributed by atoms with E-state index in [2.05, 4.69) is 29.2 Å². The minimum atomic E-state index is -3.56. The Bertz CT molecular complexity index is 1380. The molecule has 0 aromatic heterocycles. The van der Waals surface area contributed by atoms with Crippen molar-refractivity contribution >= 4 is 16.1 Å². The molecule has 2 fully saturated rings. The molecule has 42 heavy (non-hydrogen) atoms. The van der Waals surface area contributed by atoms with Gasteiger partial charge in [-0.2, -0.15) is 4.31 Å². The molecule has 1 heterocycles. The minimum absolute atomic E-state index is 0.0575. The van der Waals surface area contributed by atoms with Crippen LogP contribution in [0.25, 0.3) is 0 Å². The summed E-state index contributed by atoms with van der Waals surface area (Å²) in [6, 6.07) is 29.2. The quantitative estimate of drug-likeness (QED) is 0.291. The first-order valence-corrected chi connectivity index (χ1v) is 16.6. The summed E-state index contributed by atoms with van der Waals surface area (Å²) in [5.74, 6) is 0.642. The highest BCUT2D eigenvalue weighted by Crippen LogP contribution is 2.43. The van der Waals surface area contributed by atoms with Gasteiger partial charge in [0, 0.05) is 45.3 Å². The third kappa shape index (κ3) is 7.05. The van der Waals surface area contributed by atoms with E-state index in [1.807, 2.05) is 54.3 Å². The number of amides is 1. The van der Waals surface area contributed by atoms with Crippen molar-refractivity contribution in [1.29, 1.82) is 0 Å². The molecule has 0 N–H and O–H groups in total. The van der Waals surface area contributed by atoms with Crippen LogP contribution in [0.5, 0.6) is 0 Å². The van der Waals surface area contributed by atoms with E-state index in [1.54, 1.807) is 35.6 Å². The molecule has 224 valence electrons. The van der Waals surface area contributed by atoms with Crippen LogP contribution < -0.4 is 0 Å². The van der Waals surface area contributed by atoms with Crippen molar-refractivity contribution in [2.45, 2.75) is 62.1 Å². The van der Waals surface area contributed by atoms with Crippen LogP contribution in [0, 0.1) is 5.92 Å². The summed E-state index contributed by atoms with van der Waals surface area (Å²) in [5.41, 5.74) is 2.27. The first kappa shape index (κ1) is 30.3. The number of rotatable bonds is 10. The summed E-state index contributed by atoms with van der Waals surface area (Å²) in [6.45, 7) is 5.67. The molecule has 0 radical (unpaired) electrons. The number of hydrogen-bond acceptors (Lipinski definition) is 5. The second kappa shape index (κ2) is 13.8. The van der Waals surface area contributed by atoms with Gasteiger partial charge in [-0.15, -0.1) is 0 Å². The van der Waals surface area contributed by atoms with Crippen LogP contribution in [0.4, 0.5) is 4.79 Å². The van der Waals surface area contributed by atoms with Crippen molar-refractivity contribution in [2.24, 2.45) is 5.92 Å². The lowest BCUT2D eigenvalue weighted by atomic mass is 9.88. The number of carbonyl (C=O) groups excluding carboxylic acids is 1. The number of piperidine rings is 1. The highest BCUT2D eigenvalue weighted by molar-refractivity contribution is 7.89. The molecule has 2 aliphatic rings. The predicted molar refractivity (Wildman–Crippen MR) is 166 cm³/mol. The maximum Gasteiger partial charge on any atom is 0.410 e. The van der Waals surface area contributed by atoms with E-state index >= 15 is 0 Å². The van der Waals surface area contributed by atoms with E-state index in [1.165, 1.54) is 5.56 Å². The Balaban J connectivity index is 1.21. The number of hydrogen-bond donors (Lipinski definition) is 0. The van der Waals surface area contributed by atoms with Gasteiger partial charge in [0.05, 0.1) is 4.90 Å². The van der Waals surface area contributed by atoms with Crippen LogP contribution >= 0.6 is 0 Å². The molecule has 3 unspecified atom stereocenters. The summed E-state index contributed by atoms with van der Waals surface area (Å²) < 4.78 is 34.1. The van der Waals surface area contributed by atoms with Crippen LogP contribution in [-0.2, 0) is 21.4 Å². The molecule has 3 aromatic rings. The number of ether oxygens (including phenoxy) is 1. The topological polar surface area (TPSA) is 70.2 Å². The van der Waals surface area contributed by atoms with Crippen LogP contribution in [0.15, 0.2) is 95.9 Å². The normalized spacial score (nSPS) is 21.8. The van der Waals surface area contributed by atoms with Crippen LogP contribution in [0.2, 0.25) is 0 Å². The number of nitrogens with zero attached hydrogens (tertiary/aromatic N) is 3. The summed E-state index contributed by atoms with van der Waals surface area (Å²) in [7, 11) is -1.83. The molecule has 5 rings (SSSR count). The van der Waals surface area contributed by atoms with Crippen molar-refractivity contribution in [3.8, 4) is 0 Å². The first-order chi connectivity index (χ1) is 20.4. The smallest absolute Gasteiger partial charge is 0.410 e. The number of likely N-dealkylation sites (tertiary alicyclic amines) is 1. The van der Waals surface area contributed by atoms with Gasteiger partial charge in [-0.05, 0) is 67.7 Å². The molecule has 1 aliphatic carbocycles. The lowest BCUT2D eigenvalue weighted by Crippen LogP contribution is -2.48. The van der Waals surface area contributed by atoms with Crippen LogP contribution in [0.3, 0.4) is 0 Å². The van der Waals surface area contributed by atoms with E-state index < -0.39 is 10.0 Å². The summed E-state index contributed by atoms with van der Waals surface area (Å²) in [5, 5.41) is 0. The lowest BCUT2D eigenvalue weighted by molar-refractivity contribution is 0.0601. The van der Waals surface area contributed by atoms with Gasteiger partial charge in [0.2, 0.25) is 10.0 Å².